The average Bonchev–Trinajstić information content (AvgIpc) is 2.90. The SMILES string of the molecule is Cc1ccccc1CCNC(=O)c1csc(CCN)n1.Cl. The third kappa shape index (κ3) is 5.12. The zero-order chi connectivity index (χ0) is 14.4. The fourth-order valence-corrected chi connectivity index (χ4v) is 2.74. The molecule has 4 nitrogen and oxygen atoms in total. The van der Waals surface area contributed by atoms with Crippen molar-refractivity contribution in [3.8, 4) is 0 Å². The first kappa shape index (κ1) is 17.6. The lowest BCUT2D eigenvalue weighted by atomic mass is 10.1. The van der Waals surface area contributed by atoms with Gasteiger partial charge in [-0.25, -0.2) is 4.98 Å². The maximum Gasteiger partial charge on any atom is 0.270 e. The van der Waals surface area contributed by atoms with Crippen molar-refractivity contribution in [1.29, 1.82) is 0 Å². The second kappa shape index (κ2) is 8.77. The first-order valence-corrected chi connectivity index (χ1v) is 7.56. The normalized spacial score (nSPS) is 10.0. The van der Waals surface area contributed by atoms with Crippen LogP contribution in [0.1, 0.15) is 26.6 Å². The predicted octanol–water partition coefficient (Wildman–Crippen LogP) is 2.35. The molecule has 0 radical (unpaired) electrons. The number of thiazole rings is 1. The van der Waals surface area contributed by atoms with E-state index in [1.807, 2.05) is 12.1 Å². The summed E-state index contributed by atoms with van der Waals surface area (Å²) in [7, 11) is 0. The number of carbonyl (C=O) groups is 1. The number of nitrogens with zero attached hydrogens (tertiary/aromatic N) is 1. The molecule has 0 bridgehead atoms. The van der Waals surface area contributed by atoms with Gasteiger partial charge in [-0.1, -0.05) is 24.3 Å². The van der Waals surface area contributed by atoms with Crippen LogP contribution in [-0.4, -0.2) is 24.0 Å². The fourth-order valence-electron chi connectivity index (χ4n) is 1.95. The molecule has 3 N–H and O–H groups in total. The molecule has 1 aromatic carbocycles. The number of benzene rings is 1. The first-order chi connectivity index (χ1) is 9.70. The summed E-state index contributed by atoms with van der Waals surface area (Å²) in [4.78, 5) is 16.2. The van der Waals surface area contributed by atoms with Crippen LogP contribution in [0, 0.1) is 6.92 Å². The Morgan fingerprint density at radius 1 is 1.33 bits per heavy atom. The number of nitrogens with one attached hydrogen (secondary N) is 1. The number of carbonyl (C=O) groups excluding carboxylic acids is 1. The molecule has 0 atom stereocenters. The van der Waals surface area contributed by atoms with Crippen LogP contribution in [-0.2, 0) is 12.8 Å². The largest absolute Gasteiger partial charge is 0.350 e. The van der Waals surface area contributed by atoms with E-state index in [0.29, 0.717) is 18.8 Å². The van der Waals surface area contributed by atoms with E-state index in [-0.39, 0.29) is 18.3 Å². The maximum absolute atomic E-state index is 11.9. The third-order valence-corrected chi connectivity index (χ3v) is 3.99. The molecule has 6 heteroatoms. The molecule has 0 aliphatic heterocycles. The Hall–Kier alpha value is -1.43. The topological polar surface area (TPSA) is 68.0 Å². The van der Waals surface area contributed by atoms with Crippen LogP contribution in [0.3, 0.4) is 0 Å². The number of aryl methyl sites for hydroxylation is 1. The van der Waals surface area contributed by atoms with Gasteiger partial charge in [0.05, 0.1) is 5.01 Å². The van der Waals surface area contributed by atoms with Crippen molar-refractivity contribution in [2.24, 2.45) is 5.73 Å². The van der Waals surface area contributed by atoms with Gasteiger partial charge in [-0.3, -0.25) is 4.79 Å². The molecule has 0 saturated heterocycles. The number of aromatic nitrogens is 1. The number of hydrogen-bond donors (Lipinski definition) is 2. The molecule has 0 aliphatic carbocycles. The number of nitrogens with two attached hydrogens (primary N) is 1. The van der Waals surface area contributed by atoms with Gasteiger partial charge in [0.25, 0.3) is 5.91 Å². The van der Waals surface area contributed by atoms with Crippen LogP contribution < -0.4 is 11.1 Å². The highest BCUT2D eigenvalue weighted by atomic mass is 35.5. The highest BCUT2D eigenvalue weighted by Crippen LogP contribution is 2.10. The molecular weight excluding hydrogens is 306 g/mol. The number of hydrogen-bond acceptors (Lipinski definition) is 4. The van der Waals surface area contributed by atoms with E-state index in [2.05, 4.69) is 29.4 Å². The minimum absolute atomic E-state index is 0. The van der Waals surface area contributed by atoms with Gasteiger partial charge in [0, 0.05) is 18.3 Å². The molecule has 2 rings (SSSR count). The molecule has 0 fully saturated rings. The highest BCUT2D eigenvalue weighted by Gasteiger charge is 2.09. The molecule has 21 heavy (non-hydrogen) atoms. The van der Waals surface area contributed by atoms with Gasteiger partial charge in [-0.15, -0.1) is 23.7 Å². The van der Waals surface area contributed by atoms with Gasteiger partial charge in [0.15, 0.2) is 0 Å². The van der Waals surface area contributed by atoms with Crippen LogP contribution in [0.15, 0.2) is 29.6 Å². The summed E-state index contributed by atoms with van der Waals surface area (Å²) in [6.45, 7) is 3.26. The summed E-state index contributed by atoms with van der Waals surface area (Å²) >= 11 is 1.48. The molecule has 1 amide bonds. The second-order valence-electron chi connectivity index (χ2n) is 4.60. The molecule has 2 aromatic rings. The number of amides is 1. The Kier molecular flexibility index (Phi) is 7.36. The minimum atomic E-state index is -0.113. The van der Waals surface area contributed by atoms with E-state index in [0.717, 1.165) is 17.8 Å². The molecular formula is C15H20ClN3OS. The summed E-state index contributed by atoms with van der Waals surface area (Å²) in [5.41, 5.74) is 8.47. The van der Waals surface area contributed by atoms with Crippen molar-refractivity contribution in [2.75, 3.05) is 13.1 Å². The van der Waals surface area contributed by atoms with E-state index in [1.165, 1.54) is 22.5 Å². The smallest absolute Gasteiger partial charge is 0.270 e. The van der Waals surface area contributed by atoms with Gasteiger partial charge in [-0.05, 0) is 31.0 Å². The van der Waals surface area contributed by atoms with E-state index < -0.39 is 0 Å². The standard InChI is InChI=1S/C15H19N3OS.ClH/c1-11-4-2-3-5-12(11)7-9-17-15(19)13-10-20-14(18-13)6-8-16;/h2-5,10H,6-9,16H2,1H3,(H,17,19);1H. The van der Waals surface area contributed by atoms with E-state index in [1.54, 1.807) is 5.38 Å². The van der Waals surface area contributed by atoms with Crippen molar-refractivity contribution >= 4 is 29.7 Å². The summed E-state index contributed by atoms with van der Waals surface area (Å²) in [6.07, 6.45) is 1.55. The van der Waals surface area contributed by atoms with Gasteiger partial charge < -0.3 is 11.1 Å². The van der Waals surface area contributed by atoms with Crippen LogP contribution >= 0.6 is 23.7 Å². The Labute approximate surface area is 135 Å². The Bertz CT molecular complexity index is 586. The molecule has 0 aliphatic rings. The summed E-state index contributed by atoms with van der Waals surface area (Å²) < 4.78 is 0. The molecule has 1 heterocycles. The van der Waals surface area contributed by atoms with E-state index >= 15 is 0 Å². The zero-order valence-corrected chi connectivity index (χ0v) is 13.6. The summed E-state index contributed by atoms with van der Waals surface area (Å²) in [5.74, 6) is -0.113. The van der Waals surface area contributed by atoms with Crippen molar-refractivity contribution in [3.63, 3.8) is 0 Å². The van der Waals surface area contributed by atoms with Crippen molar-refractivity contribution in [2.45, 2.75) is 19.8 Å². The molecule has 1 aromatic heterocycles. The molecule has 0 spiro atoms. The third-order valence-electron chi connectivity index (χ3n) is 3.08. The van der Waals surface area contributed by atoms with Crippen LogP contribution in [0.2, 0.25) is 0 Å². The Balaban J connectivity index is 0.00000220. The lowest BCUT2D eigenvalue weighted by molar-refractivity contribution is 0.0949. The van der Waals surface area contributed by atoms with Crippen molar-refractivity contribution in [1.82, 2.24) is 10.3 Å². The van der Waals surface area contributed by atoms with Crippen LogP contribution in [0.25, 0.3) is 0 Å². The lowest BCUT2D eigenvalue weighted by Crippen LogP contribution is -2.26. The number of halogens is 1. The Morgan fingerprint density at radius 2 is 2.10 bits per heavy atom. The first-order valence-electron chi connectivity index (χ1n) is 6.68. The summed E-state index contributed by atoms with van der Waals surface area (Å²) in [6, 6.07) is 8.20. The van der Waals surface area contributed by atoms with Crippen molar-refractivity contribution < 1.29 is 4.79 Å². The molecule has 114 valence electrons. The van der Waals surface area contributed by atoms with Gasteiger partial charge in [0.2, 0.25) is 0 Å². The van der Waals surface area contributed by atoms with Gasteiger partial charge in [-0.2, -0.15) is 0 Å². The van der Waals surface area contributed by atoms with E-state index in [4.69, 9.17) is 5.73 Å². The lowest BCUT2D eigenvalue weighted by Gasteiger charge is -2.06. The number of rotatable bonds is 6. The average molecular weight is 326 g/mol. The second-order valence-corrected chi connectivity index (χ2v) is 5.54. The van der Waals surface area contributed by atoms with E-state index in [9.17, 15) is 4.79 Å². The molecule has 0 saturated carbocycles. The quantitative estimate of drug-likeness (QED) is 0.856. The van der Waals surface area contributed by atoms with Gasteiger partial charge in [0.1, 0.15) is 5.69 Å². The van der Waals surface area contributed by atoms with Gasteiger partial charge >= 0.3 is 0 Å². The fraction of sp³-hybridized carbons (Fsp3) is 0.333. The van der Waals surface area contributed by atoms with Crippen LogP contribution in [0.5, 0.6) is 0 Å². The minimum Gasteiger partial charge on any atom is -0.350 e. The maximum atomic E-state index is 11.9. The predicted molar refractivity (Wildman–Crippen MR) is 89.3 cm³/mol. The van der Waals surface area contributed by atoms with Crippen LogP contribution in [0.4, 0.5) is 0 Å². The van der Waals surface area contributed by atoms with Crippen molar-refractivity contribution in [3.05, 3.63) is 51.5 Å². The highest BCUT2D eigenvalue weighted by molar-refractivity contribution is 7.09. The monoisotopic (exact) mass is 325 g/mol. The zero-order valence-electron chi connectivity index (χ0n) is 12.0. The Morgan fingerprint density at radius 3 is 2.81 bits per heavy atom. The molecule has 0 unspecified atom stereocenters. The summed E-state index contributed by atoms with van der Waals surface area (Å²) in [5, 5.41) is 5.60.